The average molecular weight is 449 g/mol. The highest BCUT2D eigenvalue weighted by molar-refractivity contribution is 5.66. The first kappa shape index (κ1) is 39.8. The number of nitrogens with one attached hydrogen (secondary N) is 1. The van der Waals surface area contributed by atoms with E-state index < -0.39 is 0 Å². The van der Waals surface area contributed by atoms with Crippen molar-refractivity contribution in [1.29, 1.82) is 0 Å². The van der Waals surface area contributed by atoms with Gasteiger partial charge in [-0.1, -0.05) is 48.5 Å². The number of carbonyl (C=O) groups is 2. The Morgan fingerprint density at radius 1 is 1.00 bits per heavy atom. The largest absolute Gasteiger partial charge is 0.463 e. The minimum absolute atomic E-state index is 0.0126. The molecular formula is C24H52N2O5. The number of carbonyl (C=O) groups excluding carboxylic acids is 2. The van der Waals surface area contributed by atoms with Crippen molar-refractivity contribution < 1.29 is 23.8 Å². The van der Waals surface area contributed by atoms with Gasteiger partial charge in [-0.25, -0.2) is 0 Å². The molecule has 0 unspecified atom stereocenters. The lowest BCUT2D eigenvalue weighted by atomic mass is 10.0. The Kier molecular flexibility index (Phi) is 46.0. The molecule has 0 aromatic carbocycles. The molecule has 1 heterocycles. The maximum atomic E-state index is 10.8. The lowest BCUT2D eigenvalue weighted by Gasteiger charge is -2.32. The van der Waals surface area contributed by atoms with Gasteiger partial charge in [-0.05, 0) is 33.0 Å². The van der Waals surface area contributed by atoms with E-state index in [4.69, 9.17) is 19.9 Å². The van der Waals surface area contributed by atoms with Gasteiger partial charge >= 0.3 is 11.9 Å². The SMILES string of the molecule is C#C.CC.CC.CC(=O)OC[C@@H]1C[C@H](OC(C)=O)C[C@H](C)O1.CCCN.CCNCC. The van der Waals surface area contributed by atoms with Gasteiger partial charge in [0.2, 0.25) is 0 Å². The van der Waals surface area contributed by atoms with Gasteiger partial charge in [0.05, 0.1) is 12.2 Å². The van der Waals surface area contributed by atoms with Crippen LogP contribution in [0.1, 0.15) is 88.5 Å². The van der Waals surface area contributed by atoms with Crippen LogP contribution in [0.5, 0.6) is 0 Å². The van der Waals surface area contributed by atoms with Gasteiger partial charge in [0, 0.05) is 26.7 Å². The Balaban J connectivity index is -0.000000124. The van der Waals surface area contributed by atoms with Crippen LogP contribution in [0.4, 0.5) is 0 Å². The smallest absolute Gasteiger partial charge is 0.302 e. The summed E-state index contributed by atoms with van der Waals surface area (Å²) in [6.07, 6.45) is 10.1. The van der Waals surface area contributed by atoms with Crippen molar-refractivity contribution in [3.63, 3.8) is 0 Å². The molecule has 0 saturated carbocycles. The highest BCUT2D eigenvalue weighted by atomic mass is 16.6. The molecule has 0 aromatic rings. The summed E-state index contributed by atoms with van der Waals surface area (Å²) in [6.45, 7) is 22.1. The number of terminal acetylenes is 1. The molecule has 1 rings (SSSR count). The van der Waals surface area contributed by atoms with Crippen LogP contribution in [0, 0.1) is 12.8 Å². The van der Waals surface area contributed by atoms with E-state index >= 15 is 0 Å². The quantitative estimate of drug-likeness (QED) is 0.461. The molecule has 7 nitrogen and oxygen atoms in total. The van der Waals surface area contributed by atoms with Crippen LogP contribution in [0.15, 0.2) is 0 Å². The third kappa shape index (κ3) is 39.4. The second-order valence-electron chi connectivity index (χ2n) is 5.82. The van der Waals surface area contributed by atoms with Crippen molar-refractivity contribution in [2.24, 2.45) is 5.73 Å². The minimum atomic E-state index is -0.328. The van der Waals surface area contributed by atoms with Gasteiger partial charge in [0.25, 0.3) is 0 Å². The van der Waals surface area contributed by atoms with Crippen LogP contribution in [-0.4, -0.2) is 56.5 Å². The van der Waals surface area contributed by atoms with Crippen LogP contribution in [0.3, 0.4) is 0 Å². The molecule has 1 aliphatic rings. The second kappa shape index (κ2) is 35.8. The maximum absolute atomic E-state index is 10.8. The molecule has 0 aliphatic carbocycles. The number of esters is 2. The van der Waals surface area contributed by atoms with Crippen molar-refractivity contribution in [2.45, 2.75) is 107 Å². The van der Waals surface area contributed by atoms with Crippen molar-refractivity contribution >= 4 is 11.9 Å². The van der Waals surface area contributed by atoms with Crippen LogP contribution in [0.25, 0.3) is 0 Å². The van der Waals surface area contributed by atoms with Gasteiger partial charge < -0.3 is 25.3 Å². The Morgan fingerprint density at radius 3 is 1.74 bits per heavy atom. The number of rotatable bonds is 6. The summed E-state index contributed by atoms with van der Waals surface area (Å²) < 4.78 is 15.6. The van der Waals surface area contributed by atoms with Crippen molar-refractivity contribution in [1.82, 2.24) is 5.32 Å². The fourth-order valence-electron chi connectivity index (χ4n) is 2.10. The van der Waals surface area contributed by atoms with Gasteiger partial charge in [-0.15, -0.1) is 12.8 Å². The van der Waals surface area contributed by atoms with Crippen molar-refractivity contribution in [2.75, 3.05) is 26.2 Å². The molecule has 3 N–H and O–H groups in total. The lowest BCUT2D eigenvalue weighted by molar-refractivity contribution is -0.167. The average Bonchev–Trinajstić information content (AvgIpc) is 2.77. The molecular weight excluding hydrogens is 396 g/mol. The predicted molar refractivity (Wildman–Crippen MR) is 132 cm³/mol. The zero-order chi connectivity index (χ0) is 25.7. The topological polar surface area (TPSA) is 99.9 Å². The summed E-state index contributed by atoms with van der Waals surface area (Å²) in [5.74, 6) is -0.615. The zero-order valence-corrected chi connectivity index (χ0v) is 22.0. The molecule has 1 fully saturated rings. The molecule has 0 spiro atoms. The zero-order valence-electron chi connectivity index (χ0n) is 22.0. The van der Waals surface area contributed by atoms with E-state index in [1.165, 1.54) is 13.8 Å². The van der Waals surface area contributed by atoms with Crippen LogP contribution in [0.2, 0.25) is 0 Å². The molecule has 3 atom stereocenters. The molecule has 0 radical (unpaired) electrons. The molecule has 31 heavy (non-hydrogen) atoms. The highest BCUT2D eigenvalue weighted by Gasteiger charge is 2.29. The normalized spacial score (nSPS) is 18.0. The molecule has 7 heteroatoms. The molecule has 188 valence electrons. The van der Waals surface area contributed by atoms with E-state index in [-0.39, 0.29) is 36.9 Å². The molecule has 1 saturated heterocycles. The van der Waals surface area contributed by atoms with Gasteiger partial charge in [-0.2, -0.15) is 0 Å². The summed E-state index contributed by atoms with van der Waals surface area (Å²) >= 11 is 0. The number of ether oxygens (including phenoxy) is 3. The van der Waals surface area contributed by atoms with E-state index in [9.17, 15) is 9.59 Å². The number of nitrogens with two attached hydrogens (primary N) is 1. The van der Waals surface area contributed by atoms with Gasteiger partial charge in [-0.3, -0.25) is 9.59 Å². The first-order valence-corrected chi connectivity index (χ1v) is 11.5. The monoisotopic (exact) mass is 448 g/mol. The lowest BCUT2D eigenvalue weighted by Crippen LogP contribution is -2.39. The fourth-order valence-corrected chi connectivity index (χ4v) is 2.10. The van der Waals surface area contributed by atoms with E-state index in [1.54, 1.807) is 0 Å². The first-order chi connectivity index (χ1) is 14.8. The highest BCUT2D eigenvalue weighted by Crippen LogP contribution is 2.22. The Labute approximate surface area is 193 Å². The predicted octanol–water partition coefficient (Wildman–Crippen LogP) is 4.32. The van der Waals surface area contributed by atoms with Gasteiger partial charge in [0.1, 0.15) is 12.7 Å². The van der Waals surface area contributed by atoms with E-state index in [0.29, 0.717) is 12.8 Å². The van der Waals surface area contributed by atoms with E-state index in [2.05, 4.69) is 38.9 Å². The Morgan fingerprint density at radius 2 is 1.45 bits per heavy atom. The fraction of sp³-hybridized carbons (Fsp3) is 0.833. The molecule has 0 bridgehead atoms. The first-order valence-electron chi connectivity index (χ1n) is 11.5. The third-order valence-electron chi connectivity index (χ3n) is 3.14. The Bertz CT molecular complexity index is 372. The molecule has 1 aliphatic heterocycles. The standard InChI is InChI=1S/C11H18O5.C4H11N.C3H9N.2C2H6.C2H2/c1-7-4-10(16-9(3)13)5-11(15-7)6-14-8(2)12;1-3-5-4-2;1-2-3-4;3*1-2/h7,10-11H,4-6H2,1-3H3;5H,3-4H2,1-2H3;2-4H2,1H3;2*1-2H3;1-2H/t7-,10+,11-;;;;;/m0...../s1. The summed E-state index contributed by atoms with van der Waals surface area (Å²) in [4.78, 5) is 21.5. The van der Waals surface area contributed by atoms with Gasteiger partial charge in [0.15, 0.2) is 0 Å². The van der Waals surface area contributed by atoms with Crippen LogP contribution < -0.4 is 11.1 Å². The van der Waals surface area contributed by atoms with E-state index in [1.807, 2.05) is 34.6 Å². The summed E-state index contributed by atoms with van der Waals surface area (Å²) in [6, 6.07) is 0. The number of hydrogen-bond acceptors (Lipinski definition) is 7. The molecule has 0 aromatic heterocycles. The summed E-state index contributed by atoms with van der Waals surface area (Å²) in [7, 11) is 0. The summed E-state index contributed by atoms with van der Waals surface area (Å²) in [5, 5.41) is 3.11. The van der Waals surface area contributed by atoms with E-state index in [0.717, 1.165) is 26.1 Å². The number of hydrogen-bond donors (Lipinski definition) is 2. The maximum Gasteiger partial charge on any atom is 0.302 e. The van der Waals surface area contributed by atoms with Crippen molar-refractivity contribution in [3.05, 3.63) is 0 Å². The Hall–Kier alpha value is -1.62. The minimum Gasteiger partial charge on any atom is -0.463 e. The van der Waals surface area contributed by atoms with Crippen molar-refractivity contribution in [3.8, 4) is 12.8 Å². The molecule has 0 amide bonds. The van der Waals surface area contributed by atoms with Crippen LogP contribution in [-0.2, 0) is 23.8 Å². The third-order valence-corrected chi connectivity index (χ3v) is 3.14. The summed E-state index contributed by atoms with van der Waals surface area (Å²) in [5.41, 5.74) is 5.03. The second-order valence-corrected chi connectivity index (χ2v) is 5.82. The van der Waals surface area contributed by atoms with Crippen LogP contribution >= 0.6 is 0 Å².